The van der Waals surface area contributed by atoms with Crippen molar-refractivity contribution in [3.8, 4) is 0 Å². The minimum Gasteiger partial charge on any atom is -0.453 e. The SMILES string of the molecule is COC(=O)N1CCN(S(=O)(=O)c2cn[nH]c2)CC1. The van der Waals surface area contributed by atoms with Gasteiger partial charge < -0.3 is 9.64 Å². The average molecular weight is 274 g/mol. The lowest BCUT2D eigenvalue weighted by Gasteiger charge is -2.32. The molecule has 8 nitrogen and oxygen atoms in total. The number of H-pyrrole nitrogens is 1. The molecule has 0 aliphatic carbocycles. The number of aromatic nitrogens is 2. The number of rotatable bonds is 2. The number of methoxy groups -OCH3 is 1. The standard InChI is InChI=1S/C9H14N4O4S/c1-17-9(14)12-2-4-13(5-3-12)18(15,16)8-6-10-11-7-8/h6-7H,2-5H2,1H3,(H,10,11). The van der Waals surface area contributed by atoms with Gasteiger partial charge in [0.1, 0.15) is 4.90 Å². The highest BCUT2D eigenvalue weighted by atomic mass is 32.2. The van der Waals surface area contributed by atoms with Crippen molar-refractivity contribution in [2.75, 3.05) is 33.3 Å². The molecule has 0 spiro atoms. The first-order valence-corrected chi connectivity index (χ1v) is 6.81. The number of hydrogen-bond donors (Lipinski definition) is 1. The van der Waals surface area contributed by atoms with Crippen molar-refractivity contribution < 1.29 is 17.9 Å². The third-order valence-electron chi connectivity index (χ3n) is 2.78. The Balaban J connectivity index is 2.04. The molecular formula is C9H14N4O4S. The maximum atomic E-state index is 12.1. The first kappa shape index (κ1) is 12.8. The van der Waals surface area contributed by atoms with E-state index in [4.69, 9.17) is 0 Å². The van der Waals surface area contributed by atoms with Gasteiger partial charge in [0.2, 0.25) is 10.0 Å². The minimum atomic E-state index is -3.51. The first-order chi connectivity index (χ1) is 8.55. The molecular weight excluding hydrogens is 260 g/mol. The quantitative estimate of drug-likeness (QED) is 0.783. The molecule has 1 aromatic heterocycles. The van der Waals surface area contributed by atoms with Crippen LogP contribution < -0.4 is 0 Å². The Bertz CT molecular complexity index is 505. The van der Waals surface area contributed by atoms with Crippen LogP contribution in [0.1, 0.15) is 0 Å². The van der Waals surface area contributed by atoms with Crippen LogP contribution in [0.25, 0.3) is 0 Å². The van der Waals surface area contributed by atoms with Crippen LogP contribution in [0, 0.1) is 0 Å². The van der Waals surface area contributed by atoms with Gasteiger partial charge in [-0.2, -0.15) is 9.40 Å². The molecule has 0 bridgehead atoms. The number of carbonyl (C=O) groups is 1. The van der Waals surface area contributed by atoms with Crippen LogP contribution in [-0.2, 0) is 14.8 Å². The van der Waals surface area contributed by atoms with Crippen LogP contribution in [-0.4, -0.2) is 67.2 Å². The number of sulfonamides is 1. The average Bonchev–Trinajstić information content (AvgIpc) is 2.92. The summed E-state index contributed by atoms with van der Waals surface area (Å²) in [5.74, 6) is 0. The summed E-state index contributed by atoms with van der Waals surface area (Å²) < 4.78 is 30.2. The number of ether oxygens (including phenoxy) is 1. The Hall–Kier alpha value is -1.61. The highest BCUT2D eigenvalue weighted by Crippen LogP contribution is 2.16. The van der Waals surface area contributed by atoms with E-state index in [1.807, 2.05) is 0 Å². The molecule has 1 aliphatic rings. The number of hydrogen-bond acceptors (Lipinski definition) is 5. The van der Waals surface area contributed by atoms with E-state index in [0.29, 0.717) is 13.1 Å². The van der Waals surface area contributed by atoms with E-state index in [9.17, 15) is 13.2 Å². The predicted molar refractivity (Wildman–Crippen MR) is 61.3 cm³/mol. The maximum Gasteiger partial charge on any atom is 0.409 e. The van der Waals surface area contributed by atoms with Crippen molar-refractivity contribution in [3.63, 3.8) is 0 Å². The maximum absolute atomic E-state index is 12.1. The normalized spacial score (nSPS) is 17.7. The molecule has 18 heavy (non-hydrogen) atoms. The molecule has 9 heteroatoms. The zero-order chi connectivity index (χ0) is 13.2. The summed E-state index contributed by atoms with van der Waals surface area (Å²) >= 11 is 0. The minimum absolute atomic E-state index is 0.133. The zero-order valence-electron chi connectivity index (χ0n) is 9.87. The Morgan fingerprint density at radius 1 is 1.39 bits per heavy atom. The highest BCUT2D eigenvalue weighted by molar-refractivity contribution is 7.89. The molecule has 0 unspecified atom stereocenters. The van der Waals surface area contributed by atoms with E-state index >= 15 is 0 Å². The van der Waals surface area contributed by atoms with Gasteiger partial charge in [-0.15, -0.1) is 0 Å². The van der Waals surface area contributed by atoms with Crippen molar-refractivity contribution in [1.29, 1.82) is 0 Å². The van der Waals surface area contributed by atoms with Gasteiger partial charge in [0, 0.05) is 32.4 Å². The molecule has 0 atom stereocenters. The zero-order valence-corrected chi connectivity index (χ0v) is 10.7. The number of carbonyl (C=O) groups excluding carboxylic acids is 1. The van der Waals surface area contributed by atoms with Gasteiger partial charge in [-0.1, -0.05) is 0 Å². The van der Waals surface area contributed by atoms with Crippen LogP contribution in [0.5, 0.6) is 0 Å². The summed E-state index contributed by atoms with van der Waals surface area (Å²) in [4.78, 5) is 12.9. The molecule has 1 N–H and O–H groups in total. The topological polar surface area (TPSA) is 95.6 Å². The molecule has 2 rings (SSSR count). The van der Waals surface area contributed by atoms with Crippen molar-refractivity contribution in [1.82, 2.24) is 19.4 Å². The third kappa shape index (κ3) is 2.31. The molecule has 1 amide bonds. The summed E-state index contributed by atoms with van der Waals surface area (Å²) in [5, 5.41) is 6.10. The van der Waals surface area contributed by atoms with Crippen LogP contribution >= 0.6 is 0 Å². The van der Waals surface area contributed by atoms with E-state index in [-0.39, 0.29) is 18.0 Å². The lowest BCUT2D eigenvalue weighted by Crippen LogP contribution is -2.50. The molecule has 1 aromatic rings. The summed E-state index contributed by atoms with van der Waals surface area (Å²) in [6, 6.07) is 0. The van der Waals surface area contributed by atoms with E-state index < -0.39 is 16.1 Å². The molecule has 100 valence electrons. The van der Waals surface area contributed by atoms with Gasteiger partial charge >= 0.3 is 6.09 Å². The van der Waals surface area contributed by atoms with Gasteiger partial charge in [0.25, 0.3) is 0 Å². The number of amides is 1. The Labute approximate surface area is 105 Å². The fraction of sp³-hybridized carbons (Fsp3) is 0.556. The molecule has 1 fully saturated rings. The lowest BCUT2D eigenvalue weighted by atomic mass is 10.4. The fourth-order valence-corrected chi connectivity index (χ4v) is 3.10. The smallest absolute Gasteiger partial charge is 0.409 e. The number of aromatic amines is 1. The molecule has 0 aromatic carbocycles. The monoisotopic (exact) mass is 274 g/mol. The molecule has 1 aliphatic heterocycles. The second-order valence-electron chi connectivity index (χ2n) is 3.80. The number of nitrogens with one attached hydrogen (secondary N) is 1. The molecule has 0 radical (unpaired) electrons. The summed E-state index contributed by atoms with van der Waals surface area (Å²) in [7, 11) is -2.21. The fourth-order valence-electron chi connectivity index (χ4n) is 1.77. The lowest BCUT2D eigenvalue weighted by molar-refractivity contribution is 0.108. The Kier molecular flexibility index (Phi) is 3.53. The first-order valence-electron chi connectivity index (χ1n) is 5.37. The summed E-state index contributed by atoms with van der Waals surface area (Å²) in [5.41, 5.74) is 0. The number of piperazine rings is 1. The van der Waals surface area contributed by atoms with E-state index in [1.54, 1.807) is 0 Å². The Morgan fingerprint density at radius 3 is 2.56 bits per heavy atom. The van der Waals surface area contributed by atoms with E-state index in [0.717, 1.165) is 0 Å². The van der Waals surface area contributed by atoms with Crippen LogP contribution in [0.15, 0.2) is 17.3 Å². The van der Waals surface area contributed by atoms with E-state index in [1.165, 1.54) is 28.7 Å². The highest BCUT2D eigenvalue weighted by Gasteiger charge is 2.30. The van der Waals surface area contributed by atoms with Crippen molar-refractivity contribution in [3.05, 3.63) is 12.4 Å². The molecule has 1 saturated heterocycles. The van der Waals surface area contributed by atoms with Gasteiger partial charge in [-0.25, -0.2) is 13.2 Å². The molecule has 0 saturated carbocycles. The van der Waals surface area contributed by atoms with E-state index in [2.05, 4.69) is 14.9 Å². The van der Waals surface area contributed by atoms with Gasteiger partial charge in [-0.3, -0.25) is 5.10 Å². The van der Waals surface area contributed by atoms with Crippen molar-refractivity contribution in [2.45, 2.75) is 4.90 Å². The summed E-state index contributed by atoms with van der Waals surface area (Å²) in [6.45, 7) is 1.15. The second kappa shape index (κ2) is 4.94. The number of nitrogens with zero attached hydrogens (tertiary/aromatic N) is 3. The Morgan fingerprint density at radius 2 is 2.06 bits per heavy atom. The second-order valence-corrected chi connectivity index (χ2v) is 5.73. The molecule has 2 heterocycles. The predicted octanol–water partition coefficient (Wildman–Crippen LogP) is -0.518. The van der Waals surface area contributed by atoms with Gasteiger partial charge in [-0.05, 0) is 0 Å². The van der Waals surface area contributed by atoms with Crippen LogP contribution in [0.2, 0.25) is 0 Å². The third-order valence-corrected chi connectivity index (χ3v) is 4.65. The van der Waals surface area contributed by atoms with Crippen LogP contribution in [0.3, 0.4) is 0 Å². The van der Waals surface area contributed by atoms with Crippen LogP contribution in [0.4, 0.5) is 4.79 Å². The summed E-state index contributed by atoms with van der Waals surface area (Å²) in [6.07, 6.45) is 2.17. The van der Waals surface area contributed by atoms with Gasteiger partial charge in [0.15, 0.2) is 0 Å². The van der Waals surface area contributed by atoms with Crippen molar-refractivity contribution in [2.24, 2.45) is 0 Å². The van der Waals surface area contributed by atoms with Crippen molar-refractivity contribution >= 4 is 16.1 Å². The van der Waals surface area contributed by atoms with Gasteiger partial charge in [0.05, 0.1) is 13.3 Å². The largest absolute Gasteiger partial charge is 0.453 e.